The largest absolute Gasteiger partial charge is 0.508 e. The van der Waals surface area contributed by atoms with E-state index in [9.17, 15) is 29.1 Å². The molecule has 0 unspecified atom stereocenters. The van der Waals surface area contributed by atoms with Crippen LogP contribution in [0, 0.1) is 0 Å². The smallest absolute Gasteiger partial charge is 0.414 e. The first kappa shape index (κ1) is 34.8. The predicted octanol–water partition coefficient (Wildman–Crippen LogP) is 3.32. The van der Waals surface area contributed by atoms with Gasteiger partial charge in [-0.05, 0) is 79.9 Å². The number of amides is 5. The molecule has 0 aliphatic carbocycles. The van der Waals surface area contributed by atoms with Crippen LogP contribution < -0.4 is 20.9 Å². The molecule has 4 N–H and O–H groups in total. The second-order valence-electron chi connectivity index (χ2n) is 11.4. The Kier molecular flexibility index (Phi) is 11.7. The molecule has 1 aromatic heterocycles. The van der Waals surface area contributed by atoms with Crippen molar-refractivity contribution in [3.63, 3.8) is 0 Å². The number of nitrogens with one attached hydrogen (secondary N) is 1. The molecule has 2 saturated heterocycles. The number of halogens is 1. The van der Waals surface area contributed by atoms with Crippen LogP contribution in [-0.2, 0) is 30.3 Å². The van der Waals surface area contributed by atoms with Crippen LogP contribution in [-0.4, -0.2) is 91.3 Å². The minimum atomic E-state index is -0.778. The number of morpholine rings is 1. The van der Waals surface area contributed by atoms with Gasteiger partial charge in [0.25, 0.3) is 11.8 Å². The fourth-order valence-corrected chi connectivity index (χ4v) is 6.44. The van der Waals surface area contributed by atoms with Crippen LogP contribution in [0.1, 0.15) is 34.5 Å². The Balaban J connectivity index is 1.17. The Labute approximate surface area is 286 Å². The number of phenolic OH excluding ortho intramolecular Hbond substituents is 1. The molecular weight excluding hydrogens is 662 g/mol. The van der Waals surface area contributed by atoms with Crippen LogP contribution in [0.5, 0.6) is 5.75 Å². The van der Waals surface area contributed by atoms with Crippen molar-refractivity contribution in [1.82, 2.24) is 10.2 Å². The summed E-state index contributed by atoms with van der Waals surface area (Å²) >= 11 is 7.12. The van der Waals surface area contributed by atoms with Gasteiger partial charge in [-0.15, -0.1) is 11.3 Å². The number of nitrogens with zero attached hydrogens (tertiary/aromatic N) is 3. The van der Waals surface area contributed by atoms with Gasteiger partial charge in [0.1, 0.15) is 18.5 Å². The molecule has 0 bridgehead atoms. The number of ether oxygens (including phenoxy) is 2. The van der Waals surface area contributed by atoms with Crippen molar-refractivity contribution < 1.29 is 38.6 Å². The predicted molar refractivity (Wildman–Crippen MR) is 179 cm³/mol. The molecule has 48 heavy (non-hydrogen) atoms. The number of hydrogen-bond acceptors (Lipinski definition) is 10. The third-order valence-corrected chi connectivity index (χ3v) is 9.20. The molecule has 0 spiro atoms. The minimum absolute atomic E-state index is 0.0161. The van der Waals surface area contributed by atoms with Gasteiger partial charge in [-0.25, -0.2) is 4.79 Å². The summed E-state index contributed by atoms with van der Waals surface area (Å²) in [5.41, 5.74) is 7.63. The number of rotatable bonds is 14. The number of carbonyl (C=O) groups excluding carboxylic acids is 5. The molecule has 13 nitrogen and oxygen atoms in total. The molecule has 254 valence electrons. The third kappa shape index (κ3) is 8.89. The average molecular weight is 698 g/mol. The normalized spacial score (nSPS) is 16.9. The van der Waals surface area contributed by atoms with Gasteiger partial charge in [-0.1, -0.05) is 23.7 Å². The number of imide groups is 1. The zero-order valence-corrected chi connectivity index (χ0v) is 27.6. The molecule has 0 saturated carbocycles. The van der Waals surface area contributed by atoms with Crippen molar-refractivity contribution in [1.29, 1.82) is 0 Å². The molecule has 2 aromatic carbocycles. The molecule has 3 aromatic rings. The Morgan fingerprint density at radius 3 is 2.38 bits per heavy atom. The van der Waals surface area contributed by atoms with Crippen LogP contribution in [0.25, 0.3) is 0 Å². The van der Waals surface area contributed by atoms with E-state index in [0.29, 0.717) is 54.7 Å². The highest BCUT2D eigenvalue weighted by atomic mass is 35.5. The van der Waals surface area contributed by atoms with Crippen LogP contribution in [0.15, 0.2) is 60.7 Å². The third-order valence-electron chi connectivity index (χ3n) is 7.98. The van der Waals surface area contributed by atoms with E-state index in [4.69, 9.17) is 26.8 Å². The fourth-order valence-electron chi connectivity index (χ4n) is 5.45. The van der Waals surface area contributed by atoms with E-state index in [0.717, 1.165) is 21.8 Å². The minimum Gasteiger partial charge on any atom is -0.508 e. The number of nitrogens with two attached hydrogens (primary N) is 1. The monoisotopic (exact) mass is 697 g/mol. The number of cyclic esters (lactones) is 1. The number of thiophene rings is 1. The SMILES string of the molecule is NC(=O)[C@H](Cc1ccc(O)cc1)NCCCCC(=O)N(C[C@H]1CN(c2ccc(N3CCOCC3=O)cc2)C(=O)O1)C(=O)c1ccc(Cl)s1. The summed E-state index contributed by atoms with van der Waals surface area (Å²) in [5, 5.41) is 12.6. The quantitative estimate of drug-likeness (QED) is 0.214. The average Bonchev–Trinajstić information content (AvgIpc) is 3.68. The van der Waals surface area contributed by atoms with Gasteiger partial charge in [-0.2, -0.15) is 0 Å². The van der Waals surface area contributed by atoms with E-state index in [-0.39, 0.29) is 42.7 Å². The first-order chi connectivity index (χ1) is 23.1. The van der Waals surface area contributed by atoms with Gasteiger partial charge in [-0.3, -0.25) is 29.0 Å². The highest BCUT2D eigenvalue weighted by molar-refractivity contribution is 7.18. The summed E-state index contributed by atoms with van der Waals surface area (Å²) in [5.74, 6) is -1.51. The molecule has 2 atom stereocenters. The van der Waals surface area contributed by atoms with Gasteiger partial charge in [0, 0.05) is 24.3 Å². The number of hydrogen-bond donors (Lipinski definition) is 3. The Hall–Kier alpha value is -4.50. The van der Waals surface area contributed by atoms with Gasteiger partial charge >= 0.3 is 6.09 Å². The second kappa shape index (κ2) is 16.1. The molecule has 2 aliphatic rings. The highest BCUT2D eigenvalue weighted by Crippen LogP contribution is 2.28. The number of carbonyl (C=O) groups is 5. The first-order valence-electron chi connectivity index (χ1n) is 15.5. The van der Waals surface area contributed by atoms with Crippen LogP contribution in [0.4, 0.5) is 16.2 Å². The maximum absolute atomic E-state index is 13.5. The van der Waals surface area contributed by atoms with Crippen molar-refractivity contribution >= 4 is 64.0 Å². The molecule has 2 aliphatic heterocycles. The van der Waals surface area contributed by atoms with Crippen molar-refractivity contribution in [3.05, 3.63) is 75.4 Å². The number of anilines is 2. The summed E-state index contributed by atoms with van der Waals surface area (Å²) < 4.78 is 11.2. The number of unbranched alkanes of at least 4 members (excludes halogenated alkanes) is 1. The Morgan fingerprint density at radius 2 is 1.73 bits per heavy atom. The number of primary amides is 1. The Morgan fingerprint density at radius 1 is 1.02 bits per heavy atom. The summed E-state index contributed by atoms with van der Waals surface area (Å²) in [6, 6.07) is 15.9. The van der Waals surface area contributed by atoms with Gasteiger partial charge in [0.2, 0.25) is 11.8 Å². The maximum Gasteiger partial charge on any atom is 0.414 e. The second-order valence-corrected chi connectivity index (χ2v) is 13.1. The summed E-state index contributed by atoms with van der Waals surface area (Å²) in [4.78, 5) is 68.4. The molecular formula is C33H36ClN5O8S. The standard InChI is InChI=1S/C33H36ClN5O8S/c34-28-13-12-27(48-28)32(44)39(29(41)3-1-2-14-36-26(31(35)43)17-21-4-10-24(40)11-5-21)19-25-18-38(33(45)47-25)23-8-6-22(7-9-23)37-15-16-46-20-30(37)42/h4-13,25-26,36,40H,1-3,14-20H2,(H2,35,43)/t25-,26+/m1/s1. The lowest BCUT2D eigenvalue weighted by atomic mass is 10.0. The number of aromatic hydroxyl groups is 1. The van der Waals surface area contributed by atoms with E-state index in [1.807, 2.05) is 0 Å². The Bertz CT molecular complexity index is 1630. The zero-order chi connectivity index (χ0) is 34.2. The molecule has 2 fully saturated rings. The topological polar surface area (TPSA) is 172 Å². The summed E-state index contributed by atoms with van der Waals surface area (Å²) in [6.45, 7) is 1.25. The number of benzene rings is 2. The van der Waals surface area contributed by atoms with E-state index in [2.05, 4.69) is 5.32 Å². The van der Waals surface area contributed by atoms with Crippen LogP contribution in [0.3, 0.4) is 0 Å². The number of phenols is 1. The maximum atomic E-state index is 13.5. The lowest BCUT2D eigenvalue weighted by molar-refractivity contribution is -0.129. The van der Waals surface area contributed by atoms with E-state index in [1.54, 1.807) is 53.4 Å². The highest BCUT2D eigenvalue weighted by Gasteiger charge is 2.36. The van der Waals surface area contributed by atoms with Crippen LogP contribution >= 0.6 is 22.9 Å². The lowest BCUT2D eigenvalue weighted by Crippen LogP contribution is -2.43. The van der Waals surface area contributed by atoms with Crippen molar-refractivity contribution in [2.75, 3.05) is 49.2 Å². The van der Waals surface area contributed by atoms with E-state index >= 15 is 0 Å². The molecule has 3 heterocycles. The summed E-state index contributed by atoms with van der Waals surface area (Å²) in [6.07, 6.45) is -0.0702. The van der Waals surface area contributed by atoms with Gasteiger partial charge in [0.05, 0.1) is 35.0 Å². The summed E-state index contributed by atoms with van der Waals surface area (Å²) in [7, 11) is 0. The van der Waals surface area contributed by atoms with Crippen LogP contribution in [0.2, 0.25) is 4.34 Å². The zero-order valence-electron chi connectivity index (χ0n) is 26.0. The molecule has 5 amide bonds. The molecule has 15 heteroatoms. The molecule has 5 rings (SSSR count). The van der Waals surface area contributed by atoms with E-state index in [1.165, 1.54) is 17.0 Å². The lowest BCUT2D eigenvalue weighted by Gasteiger charge is -2.27. The fraction of sp³-hybridized carbons (Fsp3) is 0.364. The van der Waals surface area contributed by atoms with Crippen molar-refractivity contribution in [2.24, 2.45) is 5.73 Å². The van der Waals surface area contributed by atoms with Gasteiger partial charge in [0.15, 0.2) is 0 Å². The molecule has 0 radical (unpaired) electrons. The first-order valence-corrected chi connectivity index (χ1v) is 16.7. The van der Waals surface area contributed by atoms with Crippen molar-refractivity contribution in [2.45, 2.75) is 37.8 Å². The van der Waals surface area contributed by atoms with Gasteiger partial charge < -0.3 is 30.5 Å². The van der Waals surface area contributed by atoms with E-state index < -0.39 is 36.0 Å². The van der Waals surface area contributed by atoms with Crippen molar-refractivity contribution in [3.8, 4) is 5.75 Å².